The van der Waals surface area contributed by atoms with Crippen LogP contribution in [-0.4, -0.2) is 113 Å². The van der Waals surface area contributed by atoms with E-state index in [1.54, 1.807) is 0 Å². The van der Waals surface area contributed by atoms with E-state index in [9.17, 15) is 0 Å². The second-order valence-electron chi connectivity index (χ2n) is 7.66. The molecule has 0 spiro atoms. The average Bonchev–Trinajstić information content (AvgIpc) is 2.88. The fraction of sp³-hybridized carbons (Fsp3) is 1.00. The summed E-state index contributed by atoms with van der Waals surface area (Å²) in [6.45, 7) is 17.6. The third-order valence-electron chi connectivity index (χ3n) is 4.70. The standard InChI is InChI=1S/C25H55AsO10/c1-6-27-16-11-21-32-26(33-22-12-17-28-7-2,34-23-13-18-29-8-3,35-24-14-19-30-9-4)36-25-15-20-31-10-5/h6-25H2,1-5H3. The van der Waals surface area contributed by atoms with Gasteiger partial charge in [-0.2, -0.15) is 0 Å². The molecule has 0 unspecified atom stereocenters. The Labute approximate surface area is 222 Å². The Balaban J connectivity index is 5.68. The zero-order valence-corrected chi connectivity index (χ0v) is 25.5. The first-order valence-electron chi connectivity index (χ1n) is 13.8. The van der Waals surface area contributed by atoms with Gasteiger partial charge >= 0.3 is 222 Å². The van der Waals surface area contributed by atoms with Crippen molar-refractivity contribution in [2.75, 3.05) is 99.1 Å². The van der Waals surface area contributed by atoms with Gasteiger partial charge in [-0.1, -0.05) is 0 Å². The molecule has 0 saturated heterocycles. The Morgan fingerprint density at radius 3 is 0.667 bits per heavy atom. The maximum absolute atomic E-state index is 6.44. The zero-order valence-electron chi connectivity index (χ0n) is 23.7. The van der Waals surface area contributed by atoms with Crippen LogP contribution in [0.2, 0.25) is 0 Å². The fourth-order valence-electron chi connectivity index (χ4n) is 2.97. The van der Waals surface area contributed by atoms with E-state index < -0.39 is 14.2 Å². The molecule has 0 aromatic heterocycles. The molecular weight excluding hydrogens is 535 g/mol. The second kappa shape index (κ2) is 25.4. The molecule has 10 nitrogen and oxygen atoms in total. The van der Waals surface area contributed by atoms with Crippen molar-refractivity contribution in [3.63, 3.8) is 0 Å². The van der Waals surface area contributed by atoms with Crippen LogP contribution >= 0.6 is 0 Å². The predicted octanol–water partition coefficient (Wildman–Crippen LogP) is 4.09. The Morgan fingerprint density at radius 2 is 0.500 bits per heavy atom. The van der Waals surface area contributed by atoms with Crippen LogP contribution in [0.4, 0.5) is 0 Å². The minimum atomic E-state index is -5.14. The van der Waals surface area contributed by atoms with Crippen molar-refractivity contribution in [2.45, 2.75) is 66.7 Å². The van der Waals surface area contributed by atoms with Gasteiger partial charge in [0.2, 0.25) is 0 Å². The van der Waals surface area contributed by atoms with Crippen LogP contribution in [0, 0.1) is 0 Å². The van der Waals surface area contributed by atoms with Crippen LogP contribution in [-0.2, 0) is 42.3 Å². The number of hydrogen-bond donors (Lipinski definition) is 0. The molecule has 0 atom stereocenters. The van der Waals surface area contributed by atoms with Gasteiger partial charge in [-0.3, -0.25) is 0 Å². The van der Waals surface area contributed by atoms with E-state index in [0.29, 0.717) is 131 Å². The van der Waals surface area contributed by atoms with E-state index in [4.69, 9.17) is 42.3 Å². The first-order valence-corrected chi connectivity index (χ1v) is 17.6. The molecular formula is C25H55AsO10. The van der Waals surface area contributed by atoms with E-state index in [1.807, 2.05) is 34.6 Å². The van der Waals surface area contributed by atoms with E-state index >= 15 is 0 Å². The van der Waals surface area contributed by atoms with Gasteiger partial charge in [-0.05, 0) is 0 Å². The molecule has 220 valence electrons. The monoisotopic (exact) mass is 590 g/mol. The van der Waals surface area contributed by atoms with E-state index in [1.165, 1.54) is 0 Å². The summed E-state index contributed by atoms with van der Waals surface area (Å²) in [4.78, 5) is 0. The molecule has 36 heavy (non-hydrogen) atoms. The van der Waals surface area contributed by atoms with Crippen molar-refractivity contribution < 1.29 is 42.3 Å². The molecule has 0 bridgehead atoms. The predicted molar refractivity (Wildman–Crippen MR) is 141 cm³/mol. The van der Waals surface area contributed by atoms with Gasteiger partial charge in [-0.15, -0.1) is 0 Å². The SMILES string of the molecule is CCOCCCO[As](OCCCOCC)(OCCCOCC)(OCCCOCC)OCCCOCC. The quantitative estimate of drug-likeness (QED) is 0.0900. The first-order chi connectivity index (χ1) is 17.6. The number of ether oxygens (including phenoxy) is 5. The molecule has 0 aromatic carbocycles. The number of rotatable bonds is 30. The summed E-state index contributed by atoms with van der Waals surface area (Å²) in [5, 5.41) is 0. The van der Waals surface area contributed by atoms with Gasteiger partial charge in [0.15, 0.2) is 0 Å². The van der Waals surface area contributed by atoms with Crippen molar-refractivity contribution in [1.29, 1.82) is 0 Å². The second-order valence-corrected chi connectivity index (χ2v) is 13.5. The van der Waals surface area contributed by atoms with Crippen molar-refractivity contribution >= 4 is 14.2 Å². The molecule has 11 heteroatoms. The zero-order chi connectivity index (χ0) is 26.7. The van der Waals surface area contributed by atoms with Crippen LogP contribution in [0.5, 0.6) is 0 Å². The van der Waals surface area contributed by atoms with E-state index in [2.05, 4.69) is 0 Å². The van der Waals surface area contributed by atoms with Crippen LogP contribution in [0.1, 0.15) is 66.7 Å². The van der Waals surface area contributed by atoms with Gasteiger partial charge in [0.25, 0.3) is 0 Å². The summed E-state index contributed by atoms with van der Waals surface area (Å²) in [6.07, 6.45) is 3.33. The van der Waals surface area contributed by atoms with E-state index in [0.717, 1.165) is 0 Å². The van der Waals surface area contributed by atoms with Gasteiger partial charge < -0.3 is 0 Å². The molecule has 0 aromatic rings. The van der Waals surface area contributed by atoms with Crippen molar-refractivity contribution in [1.82, 2.24) is 0 Å². The van der Waals surface area contributed by atoms with Gasteiger partial charge in [0.1, 0.15) is 0 Å². The van der Waals surface area contributed by atoms with Crippen molar-refractivity contribution in [3.05, 3.63) is 0 Å². The van der Waals surface area contributed by atoms with Gasteiger partial charge in [-0.25, -0.2) is 0 Å². The molecule has 0 N–H and O–H groups in total. The molecule has 0 saturated carbocycles. The van der Waals surface area contributed by atoms with Gasteiger partial charge in [0.05, 0.1) is 0 Å². The summed E-state index contributed by atoms with van der Waals surface area (Å²) in [7, 11) is 0. The molecule has 0 aliphatic carbocycles. The van der Waals surface area contributed by atoms with Gasteiger partial charge in [0, 0.05) is 0 Å². The summed E-state index contributed by atoms with van der Waals surface area (Å²) in [5.41, 5.74) is 0. The average molecular weight is 591 g/mol. The summed E-state index contributed by atoms with van der Waals surface area (Å²) < 4.78 is 59.7. The van der Waals surface area contributed by atoms with Crippen LogP contribution in [0.15, 0.2) is 0 Å². The molecule has 0 radical (unpaired) electrons. The fourth-order valence-corrected chi connectivity index (χ4v) is 9.01. The molecule has 0 fully saturated rings. The molecule has 0 aliphatic rings. The Bertz CT molecular complexity index is 360. The first kappa shape index (κ1) is 36.2. The van der Waals surface area contributed by atoms with E-state index in [-0.39, 0.29) is 0 Å². The molecule has 0 aliphatic heterocycles. The Hall–Kier alpha value is 0.158. The summed E-state index contributed by atoms with van der Waals surface area (Å²) in [5.74, 6) is 0. The summed E-state index contributed by atoms with van der Waals surface area (Å²) >= 11 is -5.14. The minimum absolute atomic E-state index is 0.333. The maximum atomic E-state index is 6.44. The van der Waals surface area contributed by atoms with Crippen molar-refractivity contribution in [3.8, 4) is 0 Å². The van der Waals surface area contributed by atoms with Crippen molar-refractivity contribution in [2.24, 2.45) is 0 Å². The van der Waals surface area contributed by atoms with Crippen LogP contribution in [0.25, 0.3) is 0 Å². The Morgan fingerprint density at radius 1 is 0.306 bits per heavy atom. The Kier molecular flexibility index (Phi) is 25.5. The third-order valence-corrected chi connectivity index (χ3v) is 11.0. The molecule has 0 rings (SSSR count). The molecule has 0 heterocycles. The third kappa shape index (κ3) is 18.4. The summed E-state index contributed by atoms with van der Waals surface area (Å²) in [6, 6.07) is 0. The topological polar surface area (TPSA) is 92.3 Å². The van der Waals surface area contributed by atoms with Crippen LogP contribution < -0.4 is 0 Å². The van der Waals surface area contributed by atoms with Crippen LogP contribution in [0.3, 0.4) is 0 Å². The normalized spacial score (nSPS) is 13.2. The number of hydrogen-bond acceptors (Lipinski definition) is 10. The molecule has 0 amide bonds.